The molecule has 4 nitrogen and oxygen atoms in total. The van der Waals surface area contributed by atoms with Crippen LogP contribution in [0.4, 0.5) is 0 Å². The first-order chi connectivity index (χ1) is 17.0. The summed E-state index contributed by atoms with van der Waals surface area (Å²) in [7, 11) is 3.28. The van der Waals surface area contributed by atoms with E-state index in [9.17, 15) is 9.59 Å². The molecule has 0 fully saturated rings. The van der Waals surface area contributed by atoms with E-state index in [4.69, 9.17) is 9.47 Å². The molecule has 4 rings (SSSR count). The summed E-state index contributed by atoms with van der Waals surface area (Å²) in [6.07, 6.45) is 0. The lowest BCUT2D eigenvalue weighted by molar-refractivity contribution is -0.140. The molecule has 0 aliphatic heterocycles. The van der Waals surface area contributed by atoms with Crippen LogP contribution < -0.4 is 9.47 Å². The van der Waals surface area contributed by atoms with Gasteiger partial charge in [0.05, 0.1) is 14.2 Å². The van der Waals surface area contributed by atoms with Crippen molar-refractivity contribution in [2.45, 2.75) is 46.0 Å². The molecule has 0 aliphatic carbocycles. The summed E-state index contributed by atoms with van der Waals surface area (Å²) in [4.78, 5) is 28.2. The molecule has 0 radical (unpaired) electrons. The van der Waals surface area contributed by atoms with Gasteiger partial charge in [0.2, 0.25) is 0 Å². The number of fused-ring (bicyclic) bond motifs is 2. The normalized spacial score (nSPS) is 14.3. The fourth-order valence-electron chi connectivity index (χ4n) is 5.02. The molecule has 2 unspecified atom stereocenters. The van der Waals surface area contributed by atoms with Gasteiger partial charge in [0.15, 0.2) is 11.6 Å². The van der Waals surface area contributed by atoms with Gasteiger partial charge >= 0.3 is 0 Å². The molecule has 186 valence electrons. The lowest BCUT2D eigenvalue weighted by Gasteiger charge is -2.35. The second kappa shape index (κ2) is 9.42. The first kappa shape index (κ1) is 25.4. The molecule has 0 spiro atoms. The van der Waals surface area contributed by atoms with Crippen LogP contribution in [0.5, 0.6) is 11.5 Å². The number of hydrogen-bond acceptors (Lipinski definition) is 4. The SMILES string of the molecule is COc1ccc2cc(C(C)C(=O)C(C)(C(=O)C(C)(C)C)c3ccc4cc(OC)ccc4c3)ccc2c1. The van der Waals surface area contributed by atoms with Crippen LogP contribution in [0.2, 0.25) is 0 Å². The first-order valence-corrected chi connectivity index (χ1v) is 12.2. The number of methoxy groups -OCH3 is 2. The van der Waals surface area contributed by atoms with Crippen LogP contribution in [0.25, 0.3) is 21.5 Å². The fourth-order valence-corrected chi connectivity index (χ4v) is 5.02. The predicted octanol–water partition coefficient (Wildman–Crippen LogP) is 7.26. The molecule has 0 heterocycles. The van der Waals surface area contributed by atoms with E-state index in [0.717, 1.165) is 38.6 Å². The Balaban J connectivity index is 1.81. The third-order valence-electron chi connectivity index (χ3n) is 7.22. The molecule has 0 saturated heterocycles. The van der Waals surface area contributed by atoms with Crippen LogP contribution in [-0.4, -0.2) is 25.8 Å². The van der Waals surface area contributed by atoms with Crippen molar-refractivity contribution >= 4 is 33.1 Å². The van der Waals surface area contributed by atoms with E-state index < -0.39 is 16.7 Å². The molecule has 0 aromatic heterocycles. The van der Waals surface area contributed by atoms with Crippen molar-refractivity contribution in [1.29, 1.82) is 0 Å². The van der Waals surface area contributed by atoms with Gasteiger partial charge in [0.25, 0.3) is 0 Å². The summed E-state index contributed by atoms with van der Waals surface area (Å²) in [6, 6.07) is 23.5. The van der Waals surface area contributed by atoms with E-state index in [1.54, 1.807) is 21.1 Å². The van der Waals surface area contributed by atoms with E-state index in [2.05, 4.69) is 0 Å². The zero-order valence-corrected chi connectivity index (χ0v) is 22.1. The number of Topliss-reactive ketones (excluding diaryl/α,β-unsaturated/α-hetero) is 2. The Labute approximate surface area is 213 Å². The van der Waals surface area contributed by atoms with E-state index in [0.29, 0.717) is 5.56 Å². The third-order valence-corrected chi connectivity index (χ3v) is 7.22. The minimum Gasteiger partial charge on any atom is -0.497 e. The van der Waals surface area contributed by atoms with Crippen molar-refractivity contribution in [3.05, 3.63) is 83.9 Å². The van der Waals surface area contributed by atoms with Crippen molar-refractivity contribution < 1.29 is 19.1 Å². The van der Waals surface area contributed by atoms with Crippen molar-refractivity contribution in [3.8, 4) is 11.5 Å². The van der Waals surface area contributed by atoms with Gasteiger partial charge in [-0.25, -0.2) is 0 Å². The summed E-state index contributed by atoms with van der Waals surface area (Å²) in [5.41, 5.74) is -0.404. The minimum absolute atomic E-state index is 0.0924. The maximum absolute atomic E-state index is 14.3. The molecule has 0 amide bonds. The monoisotopic (exact) mass is 482 g/mol. The number of ketones is 2. The van der Waals surface area contributed by atoms with Crippen LogP contribution in [0.15, 0.2) is 72.8 Å². The van der Waals surface area contributed by atoms with Gasteiger partial charge in [-0.1, -0.05) is 70.2 Å². The number of rotatable bonds is 7. The zero-order chi connectivity index (χ0) is 26.3. The molecule has 0 saturated carbocycles. The van der Waals surface area contributed by atoms with Gasteiger partial charge in [-0.2, -0.15) is 0 Å². The smallest absolute Gasteiger partial charge is 0.157 e. The Morgan fingerprint density at radius 2 is 1.14 bits per heavy atom. The van der Waals surface area contributed by atoms with Gasteiger partial charge in [-0.3, -0.25) is 9.59 Å². The highest BCUT2D eigenvalue weighted by atomic mass is 16.5. The number of hydrogen-bond donors (Lipinski definition) is 0. The number of carbonyl (C=O) groups is 2. The highest BCUT2D eigenvalue weighted by Crippen LogP contribution is 2.40. The molecular weight excluding hydrogens is 448 g/mol. The molecule has 0 aliphatic rings. The number of carbonyl (C=O) groups excluding carboxylic acids is 2. The summed E-state index contributed by atoms with van der Waals surface area (Å²) < 4.78 is 10.7. The molecular formula is C32H34O4. The highest BCUT2D eigenvalue weighted by molar-refractivity contribution is 6.16. The largest absolute Gasteiger partial charge is 0.497 e. The second-order valence-electron chi connectivity index (χ2n) is 10.7. The lowest BCUT2D eigenvalue weighted by atomic mass is 9.64. The van der Waals surface area contributed by atoms with Crippen LogP contribution >= 0.6 is 0 Å². The number of benzene rings is 4. The molecule has 0 N–H and O–H groups in total. The first-order valence-electron chi connectivity index (χ1n) is 12.2. The topological polar surface area (TPSA) is 52.6 Å². The third kappa shape index (κ3) is 4.48. The van der Waals surface area contributed by atoms with E-state index in [1.807, 2.05) is 100 Å². The van der Waals surface area contributed by atoms with Gasteiger partial charge < -0.3 is 9.47 Å². The minimum atomic E-state index is -1.30. The molecule has 4 aromatic rings. The van der Waals surface area contributed by atoms with Crippen LogP contribution in [0.1, 0.15) is 51.7 Å². The fraction of sp³-hybridized carbons (Fsp3) is 0.312. The zero-order valence-electron chi connectivity index (χ0n) is 22.1. The van der Waals surface area contributed by atoms with Crippen LogP contribution in [0, 0.1) is 5.41 Å². The molecule has 4 aromatic carbocycles. The highest BCUT2D eigenvalue weighted by Gasteiger charge is 2.48. The molecule has 36 heavy (non-hydrogen) atoms. The Kier molecular flexibility index (Phi) is 6.66. The second-order valence-corrected chi connectivity index (χ2v) is 10.7. The summed E-state index contributed by atoms with van der Waals surface area (Å²) in [5.74, 6) is 0.881. The predicted molar refractivity (Wildman–Crippen MR) is 146 cm³/mol. The van der Waals surface area contributed by atoms with Crippen LogP contribution in [0.3, 0.4) is 0 Å². The van der Waals surface area contributed by atoms with Gasteiger partial charge in [0.1, 0.15) is 16.9 Å². The average Bonchev–Trinajstić information content (AvgIpc) is 2.89. The van der Waals surface area contributed by atoms with Crippen molar-refractivity contribution in [3.63, 3.8) is 0 Å². The quantitative estimate of drug-likeness (QED) is 0.260. The van der Waals surface area contributed by atoms with Crippen LogP contribution in [-0.2, 0) is 15.0 Å². The summed E-state index contributed by atoms with van der Waals surface area (Å²) >= 11 is 0. The lowest BCUT2D eigenvalue weighted by Crippen LogP contribution is -2.48. The van der Waals surface area contributed by atoms with Gasteiger partial charge in [0, 0.05) is 11.3 Å². The summed E-state index contributed by atoms with van der Waals surface area (Å²) in [5, 5.41) is 4.02. The van der Waals surface area contributed by atoms with E-state index in [-0.39, 0.29) is 11.6 Å². The Morgan fingerprint density at radius 1 is 0.667 bits per heavy atom. The molecule has 4 heteroatoms. The Bertz CT molecular complexity index is 1460. The van der Waals surface area contributed by atoms with Crippen molar-refractivity contribution in [1.82, 2.24) is 0 Å². The maximum Gasteiger partial charge on any atom is 0.157 e. The maximum atomic E-state index is 14.3. The van der Waals surface area contributed by atoms with Crippen molar-refractivity contribution in [2.75, 3.05) is 14.2 Å². The standard InChI is InChI=1S/C32H34O4/c1-20(21-8-9-24-18-27(35-6)14-11-22(24)16-21)29(33)32(5,30(34)31(2,3)4)26-13-10-25-19-28(36-7)15-12-23(25)17-26/h8-20H,1-7H3. The average molecular weight is 483 g/mol. The van der Waals surface area contributed by atoms with E-state index in [1.165, 1.54) is 0 Å². The van der Waals surface area contributed by atoms with Gasteiger partial charge in [-0.05, 0) is 69.9 Å². The van der Waals surface area contributed by atoms with E-state index >= 15 is 0 Å². The number of ether oxygens (including phenoxy) is 2. The molecule has 0 bridgehead atoms. The van der Waals surface area contributed by atoms with Crippen molar-refractivity contribution in [2.24, 2.45) is 5.41 Å². The Morgan fingerprint density at radius 3 is 1.67 bits per heavy atom. The summed E-state index contributed by atoms with van der Waals surface area (Å²) in [6.45, 7) is 9.31. The Hall–Kier alpha value is -3.66. The molecule has 2 atom stereocenters. The van der Waals surface area contributed by atoms with Gasteiger partial charge in [-0.15, -0.1) is 0 Å².